The van der Waals surface area contributed by atoms with Crippen LogP contribution >= 0.6 is 0 Å². The quantitative estimate of drug-likeness (QED) is 0.0362. The number of primary amides is 1. The van der Waals surface area contributed by atoms with Crippen molar-refractivity contribution in [1.29, 1.82) is 0 Å². The van der Waals surface area contributed by atoms with Gasteiger partial charge in [0.15, 0.2) is 0 Å². The number of carboxylic acids is 1. The van der Waals surface area contributed by atoms with Gasteiger partial charge in [-0.15, -0.1) is 0 Å². The number of carbonyl (C=O) groups is 14. The highest BCUT2D eigenvalue weighted by Crippen LogP contribution is 2.19. The number of amides is 12. The van der Waals surface area contributed by atoms with Crippen molar-refractivity contribution >= 4 is 82.8 Å². The van der Waals surface area contributed by atoms with Crippen molar-refractivity contribution in [2.75, 3.05) is 19.7 Å². The second-order valence-electron chi connectivity index (χ2n) is 26.6. The molecular formula is C70H100N14O21. The third-order valence-corrected chi connectivity index (χ3v) is 17.7. The predicted molar refractivity (Wildman–Crippen MR) is 375 cm³/mol. The summed E-state index contributed by atoms with van der Waals surface area (Å²) in [5.74, 6) is -17.3. The summed E-state index contributed by atoms with van der Waals surface area (Å²) < 4.78 is 5.62. The number of esters is 1. The number of hydrogen-bond donors (Lipinski definition) is 20. The maximum absolute atomic E-state index is 15.0. The number of aliphatic hydroxyl groups is 2. The standard InChI is InChI=1S/C70H100N14O21/c1-7-36(4)57-70(104)105-34-45(89)33-53(80-65(99)50(30-39-12-18-42(86)19-13-39)79-62(96)48(24-26-54(72)90)76-60(94)46-11-9-29-73-46)67(101)82-56(35(2)3)68(102)77-49(25-27-55(91)92)63(97)84-58(38(6)85)69(103)81-51(31-40-14-20-43(87)21-15-40)64(98)75-47(10-8-28-71)61(95)74-37(5)59(93)78-52(66(100)83-57)32-41-16-22-44(88)23-17-41/h12-23,35-38,45-53,56-58,73,85-89H,7-11,24-34,71H2,1-6H3,(H2,72,90)(H,74,95)(H,75,98)(H,76,94)(H,77,102)(H,78,93)(H,79,96)(H,80,99)(H,81,103)(H,82,101)(H,83,100)(H,84,97)(H,91,92)/t36?,37?,38?,45?,46-,47?,48?,49?,50?,51?,52?,53?,56?,57?,58?/m0/s1. The van der Waals surface area contributed by atoms with E-state index >= 15 is 4.79 Å². The molecule has 0 bridgehead atoms. The first-order chi connectivity index (χ1) is 49.7. The zero-order chi connectivity index (χ0) is 77.8. The molecule has 2 fully saturated rings. The lowest BCUT2D eigenvalue weighted by Gasteiger charge is -2.30. The molecule has 0 spiro atoms. The van der Waals surface area contributed by atoms with Gasteiger partial charge < -0.3 is 111 Å². The van der Waals surface area contributed by atoms with Crippen molar-refractivity contribution < 1.29 is 102 Å². The maximum Gasteiger partial charge on any atom is 0.329 e. The number of hydrogen-bond acceptors (Lipinski definition) is 22. The van der Waals surface area contributed by atoms with E-state index in [2.05, 4.69) is 63.8 Å². The number of benzene rings is 3. The normalized spacial score (nSPS) is 24.4. The molecule has 0 radical (unpaired) electrons. The monoisotopic (exact) mass is 1470 g/mol. The van der Waals surface area contributed by atoms with Crippen LogP contribution in [0.15, 0.2) is 72.8 Å². The Kier molecular flexibility index (Phi) is 33.8. The molecule has 15 atom stereocenters. The molecule has 14 unspecified atom stereocenters. The summed E-state index contributed by atoms with van der Waals surface area (Å²) in [6.07, 6.45) is -6.70. The Morgan fingerprint density at radius 1 is 0.590 bits per heavy atom. The van der Waals surface area contributed by atoms with Gasteiger partial charge in [-0.25, -0.2) is 4.79 Å². The molecule has 576 valence electrons. The minimum atomic E-state index is -2.00. The van der Waals surface area contributed by atoms with Gasteiger partial charge in [-0.3, -0.25) is 62.3 Å². The van der Waals surface area contributed by atoms with Gasteiger partial charge in [0.1, 0.15) is 90.3 Å². The van der Waals surface area contributed by atoms with Crippen LogP contribution in [0.3, 0.4) is 0 Å². The lowest BCUT2D eigenvalue weighted by molar-refractivity contribution is -0.153. The van der Waals surface area contributed by atoms with Crippen molar-refractivity contribution in [2.45, 2.75) is 210 Å². The summed E-state index contributed by atoms with van der Waals surface area (Å²) in [6.45, 7) is 7.99. The highest BCUT2D eigenvalue weighted by molar-refractivity contribution is 6.00. The third kappa shape index (κ3) is 27.9. The van der Waals surface area contributed by atoms with E-state index in [1.165, 1.54) is 93.6 Å². The Bertz CT molecular complexity index is 3500. The van der Waals surface area contributed by atoms with E-state index in [4.69, 9.17) is 16.2 Å². The summed E-state index contributed by atoms with van der Waals surface area (Å²) in [5, 5.41) is 93.7. The van der Waals surface area contributed by atoms with Crippen LogP contribution in [-0.4, -0.2) is 218 Å². The van der Waals surface area contributed by atoms with Gasteiger partial charge in [-0.2, -0.15) is 0 Å². The van der Waals surface area contributed by atoms with Crippen LogP contribution in [0.4, 0.5) is 0 Å². The summed E-state index contributed by atoms with van der Waals surface area (Å²) in [6, 6.07) is -3.01. The Morgan fingerprint density at radius 2 is 1.09 bits per heavy atom. The van der Waals surface area contributed by atoms with Gasteiger partial charge in [0.2, 0.25) is 70.9 Å². The molecule has 12 amide bonds. The second-order valence-corrected chi connectivity index (χ2v) is 26.6. The molecule has 2 aliphatic heterocycles. The van der Waals surface area contributed by atoms with E-state index in [1.54, 1.807) is 13.8 Å². The van der Waals surface area contributed by atoms with Crippen molar-refractivity contribution in [1.82, 2.24) is 63.8 Å². The van der Waals surface area contributed by atoms with E-state index in [-0.39, 0.29) is 62.3 Å². The van der Waals surface area contributed by atoms with Crippen LogP contribution in [0.5, 0.6) is 17.2 Å². The highest BCUT2D eigenvalue weighted by Gasteiger charge is 2.40. The number of aliphatic carboxylic acids is 1. The lowest BCUT2D eigenvalue weighted by Crippen LogP contribution is -2.63. The van der Waals surface area contributed by atoms with Crippen LogP contribution in [0, 0.1) is 11.8 Å². The number of cyclic esters (lactones) is 1. The molecule has 22 N–H and O–H groups in total. The maximum atomic E-state index is 15.0. The Morgan fingerprint density at radius 3 is 1.61 bits per heavy atom. The molecule has 35 nitrogen and oxygen atoms in total. The molecule has 0 aliphatic carbocycles. The van der Waals surface area contributed by atoms with Crippen LogP contribution < -0.4 is 75.3 Å². The summed E-state index contributed by atoms with van der Waals surface area (Å²) in [4.78, 5) is 197. The number of phenolic OH excluding ortho intramolecular Hbond substituents is 3. The minimum absolute atomic E-state index is 0.00227. The van der Waals surface area contributed by atoms with Crippen LogP contribution in [0.2, 0.25) is 0 Å². The zero-order valence-electron chi connectivity index (χ0n) is 59.4. The summed E-state index contributed by atoms with van der Waals surface area (Å²) in [7, 11) is 0. The molecule has 5 rings (SSSR count). The van der Waals surface area contributed by atoms with Gasteiger partial charge in [-0.1, -0.05) is 70.5 Å². The first-order valence-electron chi connectivity index (χ1n) is 34.8. The van der Waals surface area contributed by atoms with E-state index in [0.29, 0.717) is 36.1 Å². The Hall–Kier alpha value is -10.5. The largest absolute Gasteiger partial charge is 0.508 e. The summed E-state index contributed by atoms with van der Waals surface area (Å²) in [5.41, 5.74) is 12.3. The van der Waals surface area contributed by atoms with E-state index in [1.807, 2.05) is 0 Å². The van der Waals surface area contributed by atoms with Gasteiger partial charge in [0.05, 0.1) is 18.2 Å². The smallest absolute Gasteiger partial charge is 0.329 e. The Balaban J connectivity index is 1.63. The van der Waals surface area contributed by atoms with Crippen molar-refractivity contribution in [3.05, 3.63) is 89.5 Å². The summed E-state index contributed by atoms with van der Waals surface area (Å²) >= 11 is 0. The zero-order valence-corrected chi connectivity index (χ0v) is 59.4. The van der Waals surface area contributed by atoms with E-state index < -0.39 is 218 Å². The average molecular weight is 1470 g/mol. The molecule has 3 aromatic carbocycles. The minimum Gasteiger partial charge on any atom is -0.508 e. The first kappa shape index (κ1) is 85.1. The van der Waals surface area contributed by atoms with Gasteiger partial charge in [-0.05, 0) is 130 Å². The first-order valence-corrected chi connectivity index (χ1v) is 34.8. The molecule has 0 saturated carbocycles. The van der Waals surface area contributed by atoms with Gasteiger partial charge >= 0.3 is 11.9 Å². The number of aliphatic hydroxyl groups excluding tert-OH is 2. The number of carboxylic acid groups (broad SMARTS) is 1. The number of phenols is 3. The number of rotatable bonds is 25. The SMILES string of the molecule is CCC(C)C1NC(=O)C(Cc2ccc(O)cc2)NC(=O)C(C)NC(=O)C(CCCN)NC(=O)C(Cc2ccc(O)cc2)NC(=O)C(C(C)O)NC(=O)C(CCC(=O)O)NC(=O)C(C(C)C)NC(=O)C(NC(=O)C(Cc2ccc(O)cc2)NC(=O)C(CCC(N)=O)NC(=O)[C@@H]2CCCN2)CC(O)COC1=O. The van der Waals surface area contributed by atoms with Crippen molar-refractivity contribution in [3.8, 4) is 17.2 Å². The molecule has 2 aliphatic rings. The number of nitrogens with one attached hydrogen (secondary N) is 12. The van der Waals surface area contributed by atoms with E-state index in [9.17, 15) is 93.0 Å². The van der Waals surface area contributed by atoms with Crippen LogP contribution in [0.1, 0.15) is 122 Å². The number of aromatic hydroxyl groups is 3. The number of nitrogens with two attached hydrogens (primary N) is 2. The molecular weight excluding hydrogens is 1370 g/mol. The van der Waals surface area contributed by atoms with Crippen molar-refractivity contribution in [3.63, 3.8) is 0 Å². The number of carbonyl (C=O) groups excluding carboxylic acids is 13. The Labute approximate surface area is 606 Å². The molecule has 2 saturated heterocycles. The third-order valence-electron chi connectivity index (χ3n) is 17.7. The fourth-order valence-corrected chi connectivity index (χ4v) is 11.3. The molecule has 0 aromatic heterocycles. The molecule has 35 heteroatoms. The van der Waals surface area contributed by atoms with Crippen molar-refractivity contribution in [2.24, 2.45) is 23.3 Å². The highest BCUT2D eigenvalue weighted by atomic mass is 16.5. The predicted octanol–water partition coefficient (Wildman–Crippen LogP) is -3.80. The fraction of sp³-hybridized carbons (Fsp3) is 0.543. The van der Waals surface area contributed by atoms with Gasteiger partial charge in [0, 0.05) is 38.5 Å². The number of ether oxygens (including phenoxy) is 1. The molecule has 2 heterocycles. The van der Waals surface area contributed by atoms with Gasteiger partial charge in [0.25, 0.3) is 0 Å². The fourth-order valence-electron chi connectivity index (χ4n) is 11.3. The van der Waals surface area contributed by atoms with E-state index in [0.717, 1.165) is 6.92 Å². The van der Waals surface area contributed by atoms with Crippen LogP contribution in [-0.2, 0) is 91.1 Å². The van der Waals surface area contributed by atoms with Crippen LogP contribution in [0.25, 0.3) is 0 Å². The lowest BCUT2D eigenvalue weighted by atomic mass is 9.97. The molecule has 3 aromatic rings. The molecule has 105 heavy (non-hydrogen) atoms. The second kappa shape index (κ2) is 41.7. The topological polar surface area (TPSA) is 566 Å². The average Bonchev–Trinajstić information content (AvgIpc) is 0.970.